The molecule has 2 rings (SSSR count). The highest BCUT2D eigenvalue weighted by Gasteiger charge is 2.65. The van der Waals surface area contributed by atoms with Crippen LogP contribution in [0.15, 0.2) is 0 Å². The van der Waals surface area contributed by atoms with E-state index in [4.69, 9.17) is 0 Å². The van der Waals surface area contributed by atoms with Gasteiger partial charge in [-0.3, -0.25) is 4.79 Å². The monoisotopic (exact) mass is 300 g/mol. The summed E-state index contributed by atoms with van der Waals surface area (Å²) in [6.07, 6.45) is -3.44. The normalized spacial score (nSPS) is 21.9. The molecule has 0 atom stereocenters. The topological polar surface area (TPSA) is 32.3 Å². The Labute approximate surface area is 113 Å². The molecule has 1 saturated heterocycles. The Bertz CT molecular complexity index is 361. The molecule has 1 amide bonds. The fraction of sp³-hybridized carbons (Fsp3) is 0.917. The first-order chi connectivity index (χ1) is 9.23. The third-order valence-electron chi connectivity index (χ3n) is 3.79. The largest absolute Gasteiger partial charge is 0.463 e. The van der Waals surface area contributed by atoms with Gasteiger partial charge in [0.25, 0.3) is 0 Å². The predicted octanol–water partition coefficient (Wildman–Crippen LogP) is 2.17. The number of nitrogens with zero attached hydrogens (tertiary/aromatic N) is 1. The Kier molecular flexibility index (Phi) is 4.22. The summed E-state index contributed by atoms with van der Waals surface area (Å²) in [6.45, 7) is 1.40. The van der Waals surface area contributed by atoms with Gasteiger partial charge in [0, 0.05) is 12.6 Å². The maximum absolute atomic E-state index is 13.2. The van der Waals surface area contributed by atoms with E-state index >= 15 is 0 Å². The lowest BCUT2D eigenvalue weighted by Gasteiger charge is -2.32. The molecule has 2 fully saturated rings. The summed E-state index contributed by atoms with van der Waals surface area (Å²) in [5, 5.41) is 3.08. The van der Waals surface area contributed by atoms with Crippen LogP contribution >= 0.6 is 0 Å². The van der Waals surface area contributed by atoms with Gasteiger partial charge in [0.15, 0.2) is 0 Å². The zero-order valence-electron chi connectivity index (χ0n) is 10.8. The first kappa shape index (κ1) is 15.5. The molecule has 1 saturated carbocycles. The van der Waals surface area contributed by atoms with Crippen LogP contribution in [0.4, 0.5) is 22.0 Å². The Morgan fingerprint density at radius 2 is 1.60 bits per heavy atom. The molecule has 116 valence electrons. The Balaban J connectivity index is 2.06. The summed E-state index contributed by atoms with van der Waals surface area (Å²) >= 11 is 0. The van der Waals surface area contributed by atoms with Crippen molar-refractivity contribution in [3.05, 3.63) is 0 Å². The minimum absolute atomic E-state index is 0.00313. The van der Waals surface area contributed by atoms with Crippen LogP contribution in [0.1, 0.15) is 25.7 Å². The van der Waals surface area contributed by atoms with E-state index in [0.717, 1.165) is 4.90 Å². The third kappa shape index (κ3) is 3.21. The van der Waals surface area contributed by atoms with Crippen LogP contribution in [0.5, 0.6) is 0 Å². The number of piperidine rings is 1. The summed E-state index contributed by atoms with van der Waals surface area (Å²) in [7, 11) is 0. The molecule has 1 aliphatic carbocycles. The summed E-state index contributed by atoms with van der Waals surface area (Å²) in [5.74, 6) is -7.39. The average Bonchev–Trinajstić information content (AvgIpc) is 3.19. The number of nitrogens with one attached hydrogen (secondary N) is 1. The van der Waals surface area contributed by atoms with Crippen LogP contribution in [0.25, 0.3) is 0 Å². The van der Waals surface area contributed by atoms with Gasteiger partial charge in [0.1, 0.15) is 0 Å². The molecule has 1 N–H and O–H groups in total. The van der Waals surface area contributed by atoms with E-state index in [9.17, 15) is 26.7 Å². The van der Waals surface area contributed by atoms with Crippen molar-refractivity contribution >= 4 is 5.91 Å². The van der Waals surface area contributed by atoms with Crippen LogP contribution < -0.4 is 5.32 Å². The van der Waals surface area contributed by atoms with Gasteiger partial charge in [-0.25, -0.2) is 0 Å². The van der Waals surface area contributed by atoms with Gasteiger partial charge in [-0.15, -0.1) is 0 Å². The highest BCUT2D eigenvalue weighted by atomic mass is 19.4. The molecular weight excluding hydrogens is 283 g/mol. The van der Waals surface area contributed by atoms with Gasteiger partial charge < -0.3 is 10.2 Å². The number of hydrogen-bond acceptors (Lipinski definition) is 2. The van der Waals surface area contributed by atoms with Gasteiger partial charge in [-0.1, -0.05) is 0 Å². The molecule has 0 aromatic heterocycles. The van der Waals surface area contributed by atoms with E-state index in [0.29, 0.717) is 38.8 Å². The third-order valence-corrected chi connectivity index (χ3v) is 3.79. The molecule has 0 aromatic rings. The molecule has 0 aromatic carbocycles. The molecule has 0 unspecified atom stereocenters. The second kappa shape index (κ2) is 5.46. The van der Waals surface area contributed by atoms with Crippen molar-refractivity contribution in [2.24, 2.45) is 5.92 Å². The Hall–Kier alpha value is -0.920. The first-order valence-corrected chi connectivity index (χ1v) is 6.70. The van der Waals surface area contributed by atoms with Gasteiger partial charge in [0.05, 0.1) is 0 Å². The van der Waals surface area contributed by atoms with E-state index in [1.165, 1.54) is 0 Å². The highest BCUT2D eigenvalue weighted by molar-refractivity contribution is 5.85. The van der Waals surface area contributed by atoms with Crippen LogP contribution in [-0.4, -0.2) is 48.6 Å². The zero-order chi connectivity index (χ0) is 15.0. The van der Waals surface area contributed by atoms with Crippen molar-refractivity contribution in [2.45, 2.75) is 43.8 Å². The van der Waals surface area contributed by atoms with E-state index in [-0.39, 0.29) is 12.5 Å². The molecule has 3 nitrogen and oxygen atoms in total. The fourth-order valence-corrected chi connectivity index (χ4v) is 2.43. The minimum Gasteiger partial charge on any atom is -0.334 e. The molecule has 0 radical (unpaired) electrons. The smallest absolute Gasteiger partial charge is 0.334 e. The van der Waals surface area contributed by atoms with Gasteiger partial charge in [-0.2, -0.15) is 22.0 Å². The second-order valence-electron chi connectivity index (χ2n) is 5.45. The number of halogens is 5. The molecule has 1 aliphatic heterocycles. The predicted molar refractivity (Wildman–Crippen MR) is 61.3 cm³/mol. The molecular formula is C12H17F5N2O. The zero-order valence-corrected chi connectivity index (χ0v) is 10.8. The summed E-state index contributed by atoms with van der Waals surface area (Å²) < 4.78 is 63.3. The Morgan fingerprint density at radius 1 is 1.05 bits per heavy atom. The fourth-order valence-electron chi connectivity index (χ4n) is 2.43. The second-order valence-corrected chi connectivity index (χ2v) is 5.45. The van der Waals surface area contributed by atoms with E-state index in [1.807, 2.05) is 0 Å². The maximum Gasteiger partial charge on any atom is 0.463 e. The molecule has 1 heterocycles. The van der Waals surface area contributed by atoms with Crippen molar-refractivity contribution in [3.63, 3.8) is 0 Å². The van der Waals surface area contributed by atoms with Crippen molar-refractivity contribution in [1.82, 2.24) is 10.2 Å². The lowest BCUT2D eigenvalue weighted by atomic mass is 9.97. The SMILES string of the molecule is O=C(N(CC1CCNCC1)C1CC1)C(F)(F)C(F)(F)F. The van der Waals surface area contributed by atoms with Crippen LogP contribution in [-0.2, 0) is 4.79 Å². The van der Waals surface area contributed by atoms with Crippen LogP contribution in [0, 0.1) is 5.92 Å². The molecule has 20 heavy (non-hydrogen) atoms. The minimum atomic E-state index is -5.83. The van der Waals surface area contributed by atoms with Crippen LogP contribution in [0.2, 0.25) is 0 Å². The number of carbonyl (C=O) groups is 1. The standard InChI is InChI=1S/C12H17F5N2O/c13-11(14,12(15,16)17)10(20)19(9-1-2-9)7-8-3-5-18-6-4-8/h8-9,18H,1-7H2. The molecule has 0 bridgehead atoms. The number of hydrogen-bond donors (Lipinski definition) is 1. The molecule has 8 heteroatoms. The quantitative estimate of drug-likeness (QED) is 0.807. The lowest BCUT2D eigenvalue weighted by Crippen LogP contribution is -2.54. The van der Waals surface area contributed by atoms with E-state index in [1.54, 1.807) is 0 Å². The average molecular weight is 300 g/mol. The number of amides is 1. The summed E-state index contributed by atoms with van der Waals surface area (Å²) in [5.41, 5.74) is 0. The lowest BCUT2D eigenvalue weighted by molar-refractivity contribution is -0.274. The van der Waals surface area contributed by atoms with Crippen molar-refractivity contribution in [3.8, 4) is 0 Å². The van der Waals surface area contributed by atoms with Gasteiger partial charge >= 0.3 is 18.0 Å². The molecule has 2 aliphatic rings. The maximum atomic E-state index is 13.2. The number of carbonyl (C=O) groups excluding carboxylic acids is 1. The van der Waals surface area contributed by atoms with Gasteiger partial charge in [0.2, 0.25) is 0 Å². The van der Waals surface area contributed by atoms with Crippen LogP contribution in [0.3, 0.4) is 0 Å². The van der Waals surface area contributed by atoms with Crippen molar-refractivity contribution in [1.29, 1.82) is 0 Å². The Morgan fingerprint density at radius 3 is 2.05 bits per heavy atom. The van der Waals surface area contributed by atoms with E-state index < -0.39 is 24.0 Å². The number of rotatable bonds is 4. The summed E-state index contributed by atoms with van der Waals surface area (Å²) in [6, 6.07) is -0.453. The number of alkyl halides is 5. The molecule has 0 spiro atoms. The highest BCUT2D eigenvalue weighted by Crippen LogP contribution is 2.40. The van der Waals surface area contributed by atoms with E-state index in [2.05, 4.69) is 5.32 Å². The summed E-state index contributed by atoms with van der Waals surface area (Å²) in [4.78, 5) is 12.4. The van der Waals surface area contributed by atoms with Crippen molar-refractivity contribution in [2.75, 3.05) is 19.6 Å². The van der Waals surface area contributed by atoms with Gasteiger partial charge in [-0.05, 0) is 44.7 Å². The van der Waals surface area contributed by atoms with Crippen molar-refractivity contribution < 1.29 is 26.7 Å². The first-order valence-electron chi connectivity index (χ1n) is 6.70.